The van der Waals surface area contributed by atoms with Gasteiger partial charge in [-0.15, -0.1) is 0 Å². The van der Waals surface area contributed by atoms with E-state index in [1.54, 1.807) is 30.3 Å². The highest BCUT2D eigenvalue weighted by atomic mass is 35.5. The van der Waals surface area contributed by atoms with Crippen LogP contribution in [-0.2, 0) is 9.59 Å². The SMILES string of the molecule is COc1ccc(NC(=O)CCNc2ccc(NC(C)=O)cc2)cc1Cl. The molecule has 0 aliphatic carbocycles. The van der Waals surface area contributed by atoms with E-state index in [4.69, 9.17) is 16.3 Å². The van der Waals surface area contributed by atoms with Crippen LogP contribution >= 0.6 is 11.6 Å². The lowest BCUT2D eigenvalue weighted by molar-refractivity contribution is -0.116. The number of rotatable bonds is 7. The summed E-state index contributed by atoms with van der Waals surface area (Å²) in [4.78, 5) is 22.9. The maximum absolute atomic E-state index is 12.0. The van der Waals surface area contributed by atoms with Crippen LogP contribution in [0.25, 0.3) is 0 Å². The predicted molar refractivity (Wildman–Crippen MR) is 100 cm³/mol. The lowest BCUT2D eigenvalue weighted by atomic mass is 10.2. The fraction of sp³-hybridized carbons (Fsp3) is 0.222. The number of carbonyl (C=O) groups is 2. The average molecular weight is 362 g/mol. The fourth-order valence-corrected chi connectivity index (χ4v) is 2.42. The molecule has 2 aromatic rings. The van der Waals surface area contributed by atoms with Crippen molar-refractivity contribution in [2.45, 2.75) is 13.3 Å². The number of anilines is 3. The topological polar surface area (TPSA) is 79.5 Å². The molecule has 7 heteroatoms. The Morgan fingerprint density at radius 1 is 1.00 bits per heavy atom. The minimum absolute atomic E-state index is 0.115. The van der Waals surface area contributed by atoms with E-state index in [1.807, 2.05) is 12.1 Å². The molecule has 0 radical (unpaired) electrons. The standard InChI is InChI=1S/C18H20ClN3O3/c1-12(23)21-14-5-3-13(4-6-14)20-10-9-18(24)22-15-7-8-17(25-2)16(19)11-15/h3-8,11,20H,9-10H2,1-2H3,(H,21,23)(H,22,24). The largest absolute Gasteiger partial charge is 0.495 e. The normalized spacial score (nSPS) is 10.0. The average Bonchev–Trinajstić information content (AvgIpc) is 2.56. The number of carbonyl (C=O) groups excluding carboxylic acids is 2. The second kappa shape index (κ2) is 8.94. The van der Waals surface area contributed by atoms with Crippen molar-refractivity contribution in [3.63, 3.8) is 0 Å². The van der Waals surface area contributed by atoms with Crippen LogP contribution in [0.3, 0.4) is 0 Å². The number of nitrogens with one attached hydrogen (secondary N) is 3. The second-order valence-corrected chi connectivity index (χ2v) is 5.74. The van der Waals surface area contributed by atoms with Gasteiger partial charge in [0.15, 0.2) is 0 Å². The highest BCUT2D eigenvalue weighted by molar-refractivity contribution is 6.32. The zero-order valence-corrected chi connectivity index (χ0v) is 14.8. The number of benzene rings is 2. The third-order valence-corrected chi connectivity index (χ3v) is 3.62. The van der Waals surface area contributed by atoms with E-state index >= 15 is 0 Å². The fourth-order valence-electron chi connectivity index (χ4n) is 2.16. The van der Waals surface area contributed by atoms with Gasteiger partial charge in [-0.3, -0.25) is 9.59 Å². The van der Waals surface area contributed by atoms with E-state index in [2.05, 4.69) is 16.0 Å². The zero-order chi connectivity index (χ0) is 18.2. The number of halogens is 1. The van der Waals surface area contributed by atoms with Crippen molar-refractivity contribution in [2.75, 3.05) is 29.6 Å². The second-order valence-electron chi connectivity index (χ2n) is 5.33. The molecule has 0 aromatic heterocycles. The lowest BCUT2D eigenvalue weighted by Gasteiger charge is -2.10. The minimum Gasteiger partial charge on any atom is -0.495 e. The summed E-state index contributed by atoms with van der Waals surface area (Å²) >= 11 is 6.03. The van der Waals surface area contributed by atoms with Crippen LogP contribution in [0, 0.1) is 0 Å². The first-order valence-corrected chi connectivity index (χ1v) is 8.10. The van der Waals surface area contributed by atoms with Gasteiger partial charge in [-0.05, 0) is 42.5 Å². The molecule has 3 N–H and O–H groups in total. The van der Waals surface area contributed by atoms with Crippen molar-refractivity contribution in [2.24, 2.45) is 0 Å². The van der Waals surface area contributed by atoms with Gasteiger partial charge in [-0.1, -0.05) is 11.6 Å². The maximum atomic E-state index is 12.0. The highest BCUT2D eigenvalue weighted by Crippen LogP contribution is 2.27. The quantitative estimate of drug-likeness (QED) is 0.701. The molecule has 132 valence electrons. The van der Waals surface area contributed by atoms with Gasteiger partial charge < -0.3 is 20.7 Å². The molecule has 0 heterocycles. The van der Waals surface area contributed by atoms with Crippen molar-refractivity contribution in [3.8, 4) is 5.75 Å². The summed E-state index contributed by atoms with van der Waals surface area (Å²) in [6, 6.07) is 12.3. The summed E-state index contributed by atoms with van der Waals surface area (Å²) in [6.45, 7) is 1.94. The molecular formula is C18H20ClN3O3. The zero-order valence-electron chi connectivity index (χ0n) is 14.1. The van der Waals surface area contributed by atoms with Gasteiger partial charge >= 0.3 is 0 Å². The molecule has 0 unspecified atom stereocenters. The summed E-state index contributed by atoms with van der Waals surface area (Å²) in [5.41, 5.74) is 2.22. The molecule has 0 saturated carbocycles. The summed E-state index contributed by atoms with van der Waals surface area (Å²) in [7, 11) is 1.54. The molecule has 0 saturated heterocycles. The van der Waals surface area contributed by atoms with Gasteiger partial charge in [-0.2, -0.15) is 0 Å². The molecule has 0 spiro atoms. The van der Waals surface area contributed by atoms with Crippen LogP contribution in [-0.4, -0.2) is 25.5 Å². The first-order chi connectivity index (χ1) is 12.0. The van der Waals surface area contributed by atoms with Gasteiger partial charge in [0.05, 0.1) is 12.1 Å². The smallest absolute Gasteiger partial charge is 0.226 e. The molecule has 0 aliphatic rings. The van der Waals surface area contributed by atoms with Crippen molar-refractivity contribution in [1.29, 1.82) is 0 Å². The Labute approximate surface area is 151 Å². The van der Waals surface area contributed by atoms with Gasteiger partial charge in [0.1, 0.15) is 5.75 Å². The van der Waals surface area contributed by atoms with Crippen LogP contribution in [0.15, 0.2) is 42.5 Å². The first-order valence-electron chi connectivity index (χ1n) is 7.73. The Morgan fingerprint density at radius 3 is 2.24 bits per heavy atom. The molecule has 2 aromatic carbocycles. The van der Waals surface area contributed by atoms with Gasteiger partial charge in [0, 0.05) is 37.0 Å². The molecule has 0 bridgehead atoms. The van der Waals surface area contributed by atoms with Crippen LogP contribution < -0.4 is 20.7 Å². The monoisotopic (exact) mass is 361 g/mol. The Bertz CT molecular complexity index is 748. The number of methoxy groups -OCH3 is 1. The van der Waals surface area contributed by atoms with Crippen LogP contribution in [0.1, 0.15) is 13.3 Å². The van der Waals surface area contributed by atoms with E-state index in [0.717, 1.165) is 11.4 Å². The van der Waals surface area contributed by atoms with Crippen molar-refractivity contribution >= 4 is 40.5 Å². The number of amides is 2. The van der Waals surface area contributed by atoms with E-state index < -0.39 is 0 Å². The molecule has 0 aliphatic heterocycles. The van der Waals surface area contributed by atoms with E-state index in [-0.39, 0.29) is 11.8 Å². The van der Waals surface area contributed by atoms with Gasteiger partial charge in [0.25, 0.3) is 0 Å². The van der Waals surface area contributed by atoms with Crippen molar-refractivity contribution in [3.05, 3.63) is 47.5 Å². The Balaban J connectivity index is 1.78. The van der Waals surface area contributed by atoms with Gasteiger partial charge in [0.2, 0.25) is 11.8 Å². The third kappa shape index (κ3) is 6.00. The van der Waals surface area contributed by atoms with Crippen LogP contribution in [0.4, 0.5) is 17.1 Å². The molecule has 0 atom stereocenters. The van der Waals surface area contributed by atoms with Gasteiger partial charge in [-0.25, -0.2) is 0 Å². The molecule has 0 fully saturated rings. The molecular weight excluding hydrogens is 342 g/mol. The summed E-state index contributed by atoms with van der Waals surface area (Å²) in [6.07, 6.45) is 0.303. The van der Waals surface area contributed by atoms with Crippen molar-refractivity contribution < 1.29 is 14.3 Å². The Hall–Kier alpha value is -2.73. The Kier molecular flexibility index (Phi) is 6.65. The Morgan fingerprint density at radius 2 is 1.64 bits per heavy atom. The molecule has 6 nitrogen and oxygen atoms in total. The summed E-state index contributed by atoms with van der Waals surface area (Å²) < 4.78 is 5.07. The maximum Gasteiger partial charge on any atom is 0.226 e. The van der Waals surface area contributed by atoms with E-state index in [9.17, 15) is 9.59 Å². The summed E-state index contributed by atoms with van der Waals surface area (Å²) in [5, 5.41) is 9.07. The molecule has 2 amide bonds. The molecule has 2 rings (SSSR count). The number of hydrogen-bond donors (Lipinski definition) is 3. The summed E-state index contributed by atoms with van der Waals surface area (Å²) in [5.74, 6) is 0.323. The highest BCUT2D eigenvalue weighted by Gasteiger charge is 2.06. The number of ether oxygens (including phenoxy) is 1. The van der Waals surface area contributed by atoms with Crippen molar-refractivity contribution in [1.82, 2.24) is 0 Å². The van der Waals surface area contributed by atoms with E-state index in [0.29, 0.717) is 29.4 Å². The predicted octanol–water partition coefficient (Wildman–Crippen LogP) is 3.75. The van der Waals surface area contributed by atoms with E-state index in [1.165, 1.54) is 14.0 Å². The number of hydrogen-bond acceptors (Lipinski definition) is 4. The minimum atomic E-state index is -0.122. The van der Waals surface area contributed by atoms with Crippen LogP contribution in [0.2, 0.25) is 5.02 Å². The lowest BCUT2D eigenvalue weighted by Crippen LogP contribution is -2.16. The first kappa shape index (κ1) is 18.6. The molecule has 25 heavy (non-hydrogen) atoms. The van der Waals surface area contributed by atoms with Crippen LogP contribution in [0.5, 0.6) is 5.75 Å². The third-order valence-electron chi connectivity index (χ3n) is 3.32.